The van der Waals surface area contributed by atoms with E-state index < -0.39 is 0 Å². The topological polar surface area (TPSA) is 26.3 Å². The lowest BCUT2D eigenvalue weighted by molar-refractivity contribution is 0.103. The zero-order chi connectivity index (χ0) is 14.7. The summed E-state index contributed by atoms with van der Waals surface area (Å²) in [7, 11) is 1.61. The Hall–Kier alpha value is -1.74. The molecule has 2 rings (SSSR count). The van der Waals surface area contributed by atoms with E-state index in [9.17, 15) is 4.79 Å². The van der Waals surface area contributed by atoms with Gasteiger partial charge in [-0.15, -0.1) is 11.8 Å². The summed E-state index contributed by atoms with van der Waals surface area (Å²) < 4.78 is 5.45. The van der Waals surface area contributed by atoms with Crippen molar-refractivity contribution >= 4 is 17.5 Å². The van der Waals surface area contributed by atoms with Gasteiger partial charge < -0.3 is 4.74 Å². The number of carbonyl (C=O) groups is 1. The normalized spacial score (nSPS) is 10.4. The van der Waals surface area contributed by atoms with Gasteiger partial charge in [-0.3, -0.25) is 4.79 Å². The summed E-state index contributed by atoms with van der Waals surface area (Å²) >= 11 is 1.58. The van der Waals surface area contributed by atoms with E-state index in [2.05, 4.69) is 0 Å². The summed E-state index contributed by atoms with van der Waals surface area (Å²) in [5, 5.41) is 0. The maximum Gasteiger partial charge on any atom is 0.197 e. The zero-order valence-electron chi connectivity index (χ0n) is 12.2. The number of ketones is 1. The largest absolute Gasteiger partial charge is 0.496 e. The monoisotopic (exact) mass is 286 g/mol. The second-order valence-electron chi connectivity index (χ2n) is 4.62. The number of hydrogen-bond donors (Lipinski definition) is 0. The van der Waals surface area contributed by atoms with E-state index in [1.807, 2.05) is 56.5 Å². The Morgan fingerprint density at radius 2 is 1.75 bits per heavy atom. The Kier molecular flexibility index (Phi) is 4.50. The highest BCUT2D eigenvalue weighted by molar-refractivity contribution is 7.98. The third kappa shape index (κ3) is 2.59. The van der Waals surface area contributed by atoms with Crippen LogP contribution in [0.5, 0.6) is 5.75 Å². The fourth-order valence-corrected chi connectivity index (χ4v) is 2.80. The van der Waals surface area contributed by atoms with Gasteiger partial charge in [0.05, 0.1) is 12.7 Å². The molecule has 0 radical (unpaired) electrons. The fourth-order valence-electron chi connectivity index (χ4n) is 2.21. The first-order valence-corrected chi connectivity index (χ1v) is 7.64. The lowest BCUT2D eigenvalue weighted by Crippen LogP contribution is -2.07. The third-order valence-electron chi connectivity index (χ3n) is 3.48. The highest BCUT2D eigenvalue weighted by Gasteiger charge is 2.19. The molecule has 0 bridgehead atoms. The highest BCUT2D eigenvalue weighted by atomic mass is 32.2. The van der Waals surface area contributed by atoms with Crippen molar-refractivity contribution in [3.05, 3.63) is 58.7 Å². The van der Waals surface area contributed by atoms with Gasteiger partial charge in [0.1, 0.15) is 5.75 Å². The summed E-state index contributed by atoms with van der Waals surface area (Å²) in [6.07, 6.45) is 1.98. The van der Waals surface area contributed by atoms with Gasteiger partial charge in [0.2, 0.25) is 0 Å². The Balaban J connectivity index is 2.57. The van der Waals surface area contributed by atoms with Crippen LogP contribution in [0.2, 0.25) is 0 Å². The number of methoxy groups -OCH3 is 1. The van der Waals surface area contributed by atoms with E-state index in [0.717, 1.165) is 21.6 Å². The molecule has 0 saturated carbocycles. The van der Waals surface area contributed by atoms with Gasteiger partial charge in [0.25, 0.3) is 0 Å². The zero-order valence-corrected chi connectivity index (χ0v) is 13.0. The molecule has 0 saturated heterocycles. The van der Waals surface area contributed by atoms with Gasteiger partial charge in [-0.05, 0) is 49.4 Å². The van der Waals surface area contributed by atoms with Crippen molar-refractivity contribution in [2.24, 2.45) is 0 Å². The number of carbonyl (C=O) groups excluding carboxylic acids is 1. The van der Waals surface area contributed by atoms with E-state index >= 15 is 0 Å². The first kappa shape index (κ1) is 14.7. The predicted octanol–water partition coefficient (Wildman–Crippen LogP) is 4.26. The molecule has 0 aliphatic carbocycles. The first-order valence-electron chi connectivity index (χ1n) is 6.42. The standard InChI is InChI=1S/C17H18O2S/c1-11-9-10-14(17(19-3)12(11)2)16(18)13-7-5-6-8-15(13)20-4/h5-10H,1-4H3. The van der Waals surface area contributed by atoms with Crippen molar-refractivity contribution in [2.45, 2.75) is 18.7 Å². The lowest BCUT2D eigenvalue weighted by Gasteiger charge is -2.14. The molecule has 0 fully saturated rings. The molecule has 0 aromatic heterocycles. The second kappa shape index (κ2) is 6.14. The molecule has 0 spiro atoms. The molecule has 0 aliphatic heterocycles. The lowest BCUT2D eigenvalue weighted by atomic mass is 9.97. The van der Waals surface area contributed by atoms with Gasteiger partial charge in [-0.25, -0.2) is 0 Å². The van der Waals surface area contributed by atoms with Gasteiger partial charge in [-0.1, -0.05) is 18.2 Å². The molecule has 0 atom stereocenters. The molecule has 3 heteroatoms. The van der Waals surface area contributed by atoms with Crippen LogP contribution in [0.15, 0.2) is 41.3 Å². The number of aryl methyl sites for hydroxylation is 1. The minimum atomic E-state index is 0.00917. The van der Waals surface area contributed by atoms with Crippen molar-refractivity contribution in [3.63, 3.8) is 0 Å². The average molecular weight is 286 g/mol. The quantitative estimate of drug-likeness (QED) is 0.620. The SMILES string of the molecule is COc1c(C(=O)c2ccccc2SC)ccc(C)c1C. The summed E-state index contributed by atoms with van der Waals surface area (Å²) in [6.45, 7) is 3.99. The summed E-state index contributed by atoms with van der Waals surface area (Å²) in [6, 6.07) is 11.5. The molecule has 0 N–H and O–H groups in total. The molecule has 0 heterocycles. The van der Waals surface area contributed by atoms with Crippen LogP contribution in [-0.2, 0) is 0 Å². The molecule has 2 aromatic rings. The molecule has 2 aromatic carbocycles. The summed E-state index contributed by atoms with van der Waals surface area (Å²) in [5.74, 6) is 0.681. The number of benzene rings is 2. The maximum atomic E-state index is 12.8. The Morgan fingerprint density at radius 3 is 2.40 bits per heavy atom. The van der Waals surface area contributed by atoms with Gasteiger partial charge in [0.15, 0.2) is 5.78 Å². The molecule has 0 amide bonds. The van der Waals surface area contributed by atoms with Crippen molar-refractivity contribution in [1.29, 1.82) is 0 Å². The van der Waals surface area contributed by atoms with E-state index in [0.29, 0.717) is 11.3 Å². The van der Waals surface area contributed by atoms with Crippen LogP contribution >= 0.6 is 11.8 Å². The maximum absolute atomic E-state index is 12.8. The Labute approximate surface area is 124 Å². The predicted molar refractivity (Wildman–Crippen MR) is 84.1 cm³/mol. The molecule has 0 aliphatic rings. The minimum absolute atomic E-state index is 0.00917. The number of rotatable bonds is 4. The van der Waals surface area contributed by atoms with E-state index in [4.69, 9.17) is 4.74 Å². The molecule has 20 heavy (non-hydrogen) atoms. The van der Waals surface area contributed by atoms with Crippen LogP contribution in [0.25, 0.3) is 0 Å². The van der Waals surface area contributed by atoms with E-state index in [1.165, 1.54) is 0 Å². The van der Waals surface area contributed by atoms with Crippen LogP contribution in [0.4, 0.5) is 0 Å². The molecular formula is C17H18O2S. The minimum Gasteiger partial charge on any atom is -0.496 e. The smallest absolute Gasteiger partial charge is 0.197 e. The van der Waals surface area contributed by atoms with Gasteiger partial charge >= 0.3 is 0 Å². The Morgan fingerprint density at radius 1 is 1.05 bits per heavy atom. The van der Waals surface area contributed by atoms with Crippen LogP contribution in [0, 0.1) is 13.8 Å². The van der Waals surface area contributed by atoms with Gasteiger partial charge in [0, 0.05) is 10.5 Å². The molecule has 0 unspecified atom stereocenters. The molecular weight excluding hydrogens is 268 g/mol. The van der Waals surface area contributed by atoms with E-state index in [1.54, 1.807) is 18.9 Å². The van der Waals surface area contributed by atoms with Crippen molar-refractivity contribution in [2.75, 3.05) is 13.4 Å². The summed E-state index contributed by atoms with van der Waals surface area (Å²) in [4.78, 5) is 13.8. The average Bonchev–Trinajstić information content (AvgIpc) is 2.49. The summed E-state index contributed by atoms with van der Waals surface area (Å²) in [5.41, 5.74) is 3.48. The van der Waals surface area contributed by atoms with Crippen LogP contribution < -0.4 is 4.74 Å². The van der Waals surface area contributed by atoms with Crippen LogP contribution in [0.1, 0.15) is 27.0 Å². The second-order valence-corrected chi connectivity index (χ2v) is 5.47. The molecule has 2 nitrogen and oxygen atoms in total. The van der Waals surface area contributed by atoms with Crippen LogP contribution in [-0.4, -0.2) is 19.1 Å². The van der Waals surface area contributed by atoms with Gasteiger partial charge in [-0.2, -0.15) is 0 Å². The van der Waals surface area contributed by atoms with E-state index in [-0.39, 0.29) is 5.78 Å². The number of hydrogen-bond acceptors (Lipinski definition) is 3. The molecule has 104 valence electrons. The van der Waals surface area contributed by atoms with Crippen molar-refractivity contribution in [1.82, 2.24) is 0 Å². The fraction of sp³-hybridized carbons (Fsp3) is 0.235. The van der Waals surface area contributed by atoms with Crippen molar-refractivity contribution < 1.29 is 9.53 Å². The van der Waals surface area contributed by atoms with Crippen molar-refractivity contribution in [3.8, 4) is 5.75 Å². The number of thioether (sulfide) groups is 1. The first-order chi connectivity index (χ1) is 9.60. The Bertz CT molecular complexity index is 647. The third-order valence-corrected chi connectivity index (χ3v) is 4.27. The van der Waals surface area contributed by atoms with Crippen LogP contribution in [0.3, 0.4) is 0 Å². The number of ether oxygens (including phenoxy) is 1. The highest BCUT2D eigenvalue weighted by Crippen LogP contribution is 2.30.